The molecule has 15 heavy (non-hydrogen) atoms. The summed E-state index contributed by atoms with van der Waals surface area (Å²) < 4.78 is 36.5. The summed E-state index contributed by atoms with van der Waals surface area (Å²) in [7, 11) is 0. The van der Waals surface area contributed by atoms with Gasteiger partial charge in [0.25, 0.3) is 0 Å². The summed E-state index contributed by atoms with van der Waals surface area (Å²) in [5, 5.41) is 17.8. The van der Waals surface area contributed by atoms with Crippen LogP contribution in [0.5, 0.6) is 0 Å². The Kier molecular flexibility index (Phi) is 3.40. The van der Waals surface area contributed by atoms with Gasteiger partial charge in [-0.05, 0) is 6.92 Å². The zero-order valence-electron chi connectivity index (χ0n) is 7.78. The second-order valence-electron chi connectivity index (χ2n) is 2.89. The van der Waals surface area contributed by atoms with Gasteiger partial charge in [0.2, 0.25) is 5.95 Å². The van der Waals surface area contributed by atoms with Gasteiger partial charge in [-0.15, -0.1) is 5.10 Å². The molecule has 0 spiro atoms. The number of aliphatic hydroxyl groups excluding tert-OH is 1. The second kappa shape index (κ2) is 4.39. The highest BCUT2D eigenvalue weighted by Gasteiger charge is 2.33. The van der Waals surface area contributed by atoms with E-state index in [2.05, 4.69) is 20.5 Å². The van der Waals surface area contributed by atoms with E-state index in [0.29, 0.717) is 6.20 Å². The van der Waals surface area contributed by atoms with Gasteiger partial charge in [0, 0.05) is 6.54 Å². The third-order valence-corrected chi connectivity index (χ3v) is 1.40. The summed E-state index contributed by atoms with van der Waals surface area (Å²) in [6.45, 7) is 1.54. The number of aliphatic hydroxyl groups is 1. The molecule has 0 aliphatic rings. The first-order valence-corrected chi connectivity index (χ1v) is 4.08. The van der Waals surface area contributed by atoms with E-state index in [9.17, 15) is 13.2 Å². The lowest BCUT2D eigenvalue weighted by Crippen LogP contribution is -2.19. The number of hydrogen-bond acceptors (Lipinski definition) is 5. The van der Waals surface area contributed by atoms with Crippen molar-refractivity contribution in [3.05, 3.63) is 11.9 Å². The zero-order valence-corrected chi connectivity index (χ0v) is 7.78. The number of alkyl halides is 3. The maximum Gasteiger partial charge on any atom is 0.435 e. The van der Waals surface area contributed by atoms with E-state index >= 15 is 0 Å². The summed E-state index contributed by atoms with van der Waals surface area (Å²) in [5.74, 6) is -0.259. The molecule has 0 amide bonds. The fourth-order valence-electron chi connectivity index (χ4n) is 0.754. The SMILES string of the molecule is C[C@@H](O)CNc1nncc(C(F)(F)F)n1. The van der Waals surface area contributed by atoms with Gasteiger partial charge in [-0.1, -0.05) is 0 Å². The predicted molar refractivity (Wildman–Crippen MR) is 45.0 cm³/mol. The molecule has 1 heterocycles. The van der Waals surface area contributed by atoms with Crippen LogP contribution in [0.2, 0.25) is 0 Å². The molecule has 0 aliphatic heterocycles. The van der Waals surface area contributed by atoms with Gasteiger partial charge >= 0.3 is 6.18 Å². The van der Waals surface area contributed by atoms with Crippen LogP contribution >= 0.6 is 0 Å². The number of halogens is 3. The predicted octanol–water partition coefficient (Wildman–Crippen LogP) is 0.683. The monoisotopic (exact) mass is 222 g/mol. The van der Waals surface area contributed by atoms with Crippen molar-refractivity contribution in [3.8, 4) is 0 Å². The van der Waals surface area contributed by atoms with Crippen LogP contribution in [0.4, 0.5) is 19.1 Å². The number of nitrogens with one attached hydrogen (secondary N) is 1. The molecule has 5 nitrogen and oxygen atoms in total. The van der Waals surface area contributed by atoms with Crippen molar-refractivity contribution in [2.45, 2.75) is 19.2 Å². The first-order valence-electron chi connectivity index (χ1n) is 4.08. The minimum absolute atomic E-state index is 0.0585. The molecule has 0 radical (unpaired) electrons. The van der Waals surface area contributed by atoms with Gasteiger partial charge in [-0.3, -0.25) is 0 Å². The minimum Gasteiger partial charge on any atom is -0.392 e. The van der Waals surface area contributed by atoms with Crippen molar-refractivity contribution in [2.24, 2.45) is 0 Å². The molecule has 1 aromatic rings. The van der Waals surface area contributed by atoms with Crippen molar-refractivity contribution in [1.82, 2.24) is 15.2 Å². The molecule has 1 atom stereocenters. The summed E-state index contributed by atoms with van der Waals surface area (Å²) in [5.41, 5.74) is -1.12. The molecular weight excluding hydrogens is 213 g/mol. The van der Waals surface area contributed by atoms with Gasteiger partial charge in [0.15, 0.2) is 5.69 Å². The highest BCUT2D eigenvalue weighted by Crippen LogP contribution is 2.26. The molecule has 1 rings (SSSR count). The normalized spacial score (nSPS) is 13.7. The molecule has 0 saturated carbocycles. The minimum atomic E-state index is -4.54. The Bertz CT molecular complexity index is 328. The number of aromatic nitrogens is 3. The van der Waals surface area contributed by atoms with Crippen molar-refractivity contribution in [3.63, 3.8) is 0 Å². The Labute approximate surface area is 83.4 Å². The Hall–Kier alpha value is -1.44. The standard InChI is InChI=1S/C7H9F3N4O/c1-4(15)2-11-6-13-5(3-12-14-6)7(8,9)10/h3-4,15H,2H2,1H3,(H,11,13,14)/t4-/m1/s1. The van der Waals surface area contributed by atoms with Crippen LogP contribution in [-0.4, -0.2) is 32.9 Å². The van der Waals surface area contributed by atoms with E-state index in [0.717, 1.165) is 0 Å². The third-order valence-electron chi connectivity index (χ3n) is 1.40. The molecule has 0 fully saturated rings. The topological polar surface area (TPSA) is 70.9 Å². The fourth-order valence-corrected chi connectivity index (χ4v) is 0.754. The van der Waals surface area contributed by atoms with E-state index in [1.807, 2.05) is 0 Å². The van der Waals surface area contributed by atoms with E-state index in [1.54, 1.807) is 0 Å². The Morgan fingerprint density at radius 1 is 1.53 bits per heavy atom. The van der Waals surface area contributed by atoms with E-state index in [4.69, 9.17) is 5.11 Å². The molecule has 0 aromatic carbocycles. The Morgan fingerprint density at radius 3 is 2.73 bits per heavy atom. The number of rotatable bonds is 3. The van der Waals surface area contributed by atoms with E-state index in [1.165, 1.54) is 6.92 Å². The van der Waals surface area contributed by atoms with Crippen LogP contribution < -0.4 is 5.32 Å². The van der Waals surface area contributed by atoms with Gasteiger partial charge in [0.05, 0.1) is 12.3 Å². The highest BCUT2D eigenvalue weighted by atomic mass is 19.4. The van der Waals surface area contributed by atoms with Crippen LogP contribution in [0.3, 0.4) is 0 Å². The molecule has 1 aromatic heterocycles. The van der Waals surface area contributed by atoms with Gasteiger partial charge in [-0.25, -0.2) is 4.98 Å². The zero-order chi connectivity index (χ0) is 11.5. The number of hydrogen-bond donors (Lipinski definition) is 2. The van der Waals surface area contributed by atoms with Crippen LogP contribution in [0, 0.1) is 0 Å². The Morgan fingerprint density at radius 2 is 2.20 bits per heavy atom. The lowest BCUT2D eigenvalue weighted by Gasteiger charge is -2.08. The summed E-state index contributed by atoms with van der Waals surface area (Å²) >= 11 is 0. The van der Waals surface area contributed by atoms with E-state index < -0.39 is 18.0 Å². The Balaban J connectivity index is 2.75. The smallest absolute Gasteiger partial charge is 0.392 e. The summed E-state index contributed by atoms with van der Waals surface area (Å²) in [4.78, 5) is 3.20. The quantitative estimate of drug-likeness (QED) is 0.787. The number of nitrogens with zero attached hydrogens (tertiary/aromatic N) is 3. The van der Waals surface area contributed by atoms with Gasteiger partial charge < -0.3 is 10.4 Å². The summed E-state index contributed by atoms with van der Waals surface area (Å²) in [6, 6.07) is 0. The van der Waals surface area contributed by atoms with Crippen LogP contribution in [0.25, 0.3) is 0 Å². The van der Waals surface area contributed by atoms with E-state index in [-0.39, 0.29) is 12.5 Å². The lowest BCUT2D eigenvalue weighted by molar-refractivity contribution is -0.141. The van der Waals surface area contributed by atoms with Gasteiger partial charge in [0.1, 0.15) is 0 Å². The molecule has 0 saturated heterocycles. The molecule has 0 aliphatic carbocycles. The molecule has 8 heteroatoms. The average Bonchev–Trinajstić information content (AvgIpc) is 2.14. The van der Waals surface area contributed by atoms with Crippen LogP contribution in [0.1, 0.15) is 12.6 Å². The third kappa shape index (κ3) is 3.66. The highest BCUT2D eigenvalue weighted by molar-refractivity contribution is 5.23. The average molecular weight is 222 g/mol. The molecule has 0 bridgehead atoms. The van der Waals surface area contributed by atoms with Gasteiger partial charge in [-0.2, -0.15) is 18.3 Å². The molecule has 0 unspecified atom stereocenters. The first kappa shape index (κ1) is 11.6. The molecule has 2 N–H and O–H groups in total. The molecule has 84 valence electrons. The second-order valence-corrected chi connectivity index (χ2v) is 2.89. The van der Waals surface area contributed by atoms with Crippen molar-refractivity contribution in [2.75, 3.05) is 11.9 Å². The van der Waals surface area contributed by atoms with Crippen LogP contribution in [0.15, 0.2) is 6.20 Å². The number of anilines is 1. The maximum absolute atomic E-state index is 12.2. The van der Waals surface area contributed by atoms with Crippen molar-refractivity contribution >= 4 is 5.95 Å². The van der Waals surface area contributed by atoms with Crippen molar-refractivity contribution < 1.29 is 18.3 Å². The first-order chi connectivity index (χ1) is 6.89. The van der Waals surface area contributed by atoms with Crippen molar-refractivity contribution in [1.29, 1.82) is 0 Å². The fraction of sp³-hybridized carbons (Fsp3) is 0.571. The maximum atomic E-state index is 12.2. The molecular formula is C7H9F3N4O. The lowest BCUT2D eigenvalue weighted by atomic mass is 10.4. The van der Waals surface area contributed by atoms with Crippen LogP contribution in [-0.2, 0) is 6.18 Å². The largest absolute Gasteiger partial charge is 0.435 e. The summed E-state index contributed by atoms with van der Waals surface area (Å²) in [6.07, 6.45) is -4.71.